The van der Waals surface area contributed by atoms with Crippen LogP contribution in [0.3, 0.4) is 0 Å². The van der Waals surface area contributed by atoms with Gasteiger partial charge < -0.3 is 4.74 Å². The van der Waals surface area contributed by atoms with E-state index in [1.54, 1.807) is 12.1 Å². The summed E-state index contributed by atoms with van der Waals surface area (Å²) in [5.41, 5.74) is 1.28. The van der Waals surface area contributed by atoms with Gasteiger partial charge in [0.25, 0.3) is 10.0 Å². The van der Waals surface area contributed by atoms with Gasteiger partial charge in [-0.25, -0.2) is 13.2 Å². The highest BCUT2D eigenvalue weighted by Crippen LogP contribution is 2.40. The maximum atomic E-state index is 12.7. The Hall–Kier alpha value is -1.38. The Balaban J connectivity index is 2.02. The number of benzene rings is 1. The zero-order valence-electron chi connectivity index (χ0n) is 13.8. The minimum absolute atomic E-state index is 0.145. The summed E-state index contributed by atoms with van der Waals surface area (Å²) >= 11 is 4.62. The first-order valence-electron chi connectivity index (χ1n) is 7.83. The molecule has 1 aromatic heterocycles. The Labute approximate surface area is 159 Å². The van der Waals surface area contributed by atoms with Gasteiger partial charge in [-0.15, -0.1) is 11.3 Å². The van der Waals surface area contributed by atoms with E-state index in [1.165, 1.54) is 30.6 Å². The van der Waals surface area contributed by atoms with Crippen LogP contribution in [0.15, 0.2) is 33.6 Å². The number of carbonyl (C=O) groups is 1. The molecule has 0 amide bonds. The normalized spacial score (nSPS) is 17.0. The molecule has 0 bridgehead atoms. The molecule has 134 valence electrons. The molecule has 0 radical (unpaired) electrons. The molecule has 1 atom stereocenters. The van der Waals surface area contributed by atoms with Crippen molar-refractivity contribution >= 4 is 48.3 Å². The first kappa shape index (κ1) is 18.4. The van der Waals surface area contributed by atoms with Crippen LogP contribution in [0.4, 0.5) is 5.00 Å². The summed E-state index contributed by atoms with van der Waals surface area (Å²) in [4.78, 5) is 13.5. The summed E-state index contributed by atoms with van der Waals surface area (Å²) < 4.78 is 33.6. The van der Waals surface area contributed by atoms with Crippen molar-refractivity contribution in [1.29, 1.82) is 0 Å². The van der Waals surface area contributed by atoms with Gasteiger partial charge in [-0.05, 0) is 55.0 Å². The van der Waals surface area contributed by atoms with Crippen LogP contribution < -0.4 is 4.72 Å². The number of thiophene rings is 1. The standard InChI is InChI=1S/C17H18BrNO4S2/c1-10-3-8-13-14(9-10)24-16(15(13)17(20)23-2)19-25(21,22)12-6-4-11(18)5-7-12/h4-7,10,19H,3,8-9H2,1-2H3/t10-/m0/s1. The molecule has 0 aliphatic heterocycles. The minimum atomic E-state index is -3.78. The highest BCUT2D eigenvalue weighted by molar-refractivity contribution is 9.10. The van der Waals surface area contributed by atoms with E-state index in [1.807, 2.05) is 0 Å². The summed E-state index contributed by atoms with van der Waals surface area (Å²) in [7, 11) is -2.47. The molecule has 0 saturated carbocycles. The first-order valence-corrected chi connectivity index (χ1v) is 10.9. The second kappa shape index (κ2) is 7.09. The molecule has 25 heavy (non-hydrogen) atoms. The highest BCUT2D eigenvalue weighted by Gasteiger charge is 2.30. The average Bonchev–Trinajstić information content (AvgIpc) is 2.90. The van der Waals surface area contributed by atoms with Crippen molar-refractivity contribution in [3.05, 3.63) is 44.7 Å². The van der Waals surface area contributed by atoms with Crippen molar-refractivity contribution in [1.82, 2.24) is 0 Å². The monoisotopic (exact) mass is 443 g/mol. The fourth-order valence-electron chi connectivity index (χ4n) is 2.94. The molecule has 1 aliphatic carbocycles. The molecule has 0 spiro atoms. The lowest BCUT2D eigenvalue weighted by Crippen LogP contribution is -2.16. The molecule has 0 saturated heterocycles. The largest absolute Gasteiger partial charge is 0.465 e. The zero-order chi connectivity index (χ0) is 18.2. The van der Waals surface area contributed by atoms with Crippen molar-refractivity contribution in [3.63, 3.8) is 0 Å². The van der Waals surface area contributed by atoms with Gasteiger partial charge in [0.05, 0.1) is 17.6 Å². The Morgan fingerprint density at radius 1 is 1.32 bits per heavy atom. The van der Waals surface area contributed by atoms with Gasteiger partial charge in [0, 0.05) is 9.35 Å². The Kier molecular flexibility index (Phi) is 5.22. The Morgan fingerprint density at radius 3 is 2.64 bits per heavy atom. The van der Waals surface area contributed by atoms with E-state index >= 15 is 0 Å². The second-order valence-corrected chi connectivity index (χ2v) is 9.81. The lowest BCUT2D eigenvalue weighted by Gasteiger charge is -2.18. The Bertz CT molecular complexity index is 903. The maximum Gasteiger partial charge on any atom is 0.341 e. The van der Waals surface area contributed by atoms with E-state index in [9.17, 15) is 13.2 Å². The number of ether oxygens (including phenoxy) is 1. The third-order valence-electron chi connectivity index (χ3n) is 4.25. The van der Waals surface area contributed by atoms with E-state index in [0.717, 1.165) is 34.2 Å². The average molecular weight is 444 g/mol. The van der Waals surface area contributed by atoms with E-state index < -0.39 is 16.0 Å². The number of nitrogens with one attached hydrogen (secondary N) is 1. The number of fused-ring (bicyclic) bond motifs is 1. The summed E-state index contributed by atoms with van der Waals surface area (Å²) in [5.74, 6) is 0.0214. The van der Waals surface area contributed by atoms with Crippen LogP contribution in [0, 0.1) is 5.92 Å². The number of sulfonamides is 1. The molecular formula is C17H18BrNO4S2. The summed E-state index contributed by atoms with van der Waals surface area (Å²) in [6.07, 6.45) is 2.59. The van der Waals surface area contributed by atoms with Crippen molar-refractivity contribution < 1.29 is 17.9 Å². The number of halogens is 1. The van der Waals surface area contributed by atoms with E-state index in [2.05, 4.69) is 27.6 Å². The molecule has 0 fully saturated rings. The summed E-state index contributed by atoms with van der Waals surface area (Å²) in [5, 5.41) is 0.342. The quantitative estimate of drug-likeness (QED) is 0.717. The smallest absolute Gasteiger partial charge is 0.341 e. The summed E-state index contributed by atoms with van der Waals surface area (Å²) in [6, 6.07) is 6.35. The Morgan fingerprint density at radius 2 is 2.00 bits per heavy atom. The van der Waals surface area contributed by atoms with Crippen LogP contribution in [0.25, 0.3) is 0 Å². The predicted molar refractivity (Wildman–Crippen MR) is 102 cm³/mol. The number of hydrogen-bond donors (Lipinski definition) is 1. The van der Waals surface area contributed by atoms with Gasteiger partial charge in [0.2, 0.25) is 0 Å². The lowest BCUT2D eigenvalue weighted by atomic mass is 9.88. The predicted octanol–water partition coefficient (Wildman–Crippen LogP) is 4.22. The number of esters is 1. The number of carbonyl (C=O) groups excluding carboxylic acids is 1. The van der Waals surface area contributed by atoms with Crippen LogP contribution in [0.1, 0.15) is 34.1 Å². The second-order valence-electron chi connectivity index (χ2n) is 6.11. The van der Waals surface area contributed by atoms with Gasteiger partial charge in [-0.1, -0.05) is 22.9 Å². The van der Waals surface area contributed by atoms with Crippen LogP contribution >= 0.6 is 27.3 Å². The molecular weight excluding hydrogens is 426 g/mol. The summed E-state index contributed by atoms with van der Waals surface area (Å²) in [6.45, 7) is 2.16. The molecule has 0 unspecified atom stereocenters. The van der Waals surface area contributed by atoms with Crippen molar-refractivity contribution in [2.24, 2.45) is 5.92 Å². The highest BCUT2D eigenvalue weighted by atomic mass is 79.9. The fourth-order valence-corrected chi connectivity index (χ4v) is 5.90. The van der Waals surface area contributed by atoms with Gasteiger partial charge in [0.1, 0.15) is 5.00 Å². The molecule has 3 rings (SSSR count). The first-order chi connectivity index (χ1) is 11.8. The lowest BCUT2D eigenvalue weighted by molar-refractivity contribution is 0.0601. The van der Waals surface area contributed by atoms with Gasteiger partial charge in [0.15, 0.2) is 0 Å². The molecule has 2 aromatic rings. The van der Waals surface area contributed by atoms with Crippen LogP contribution in [0.5, 0.6) is 0 Å². The van der Waals surface area contributed by atoms with E-state index in [0.29, 0.717) is 16.5 Å². The van der Waals surface area contributed by atoms with Crippen LogP contribution in [-0.2, 0) is 27.6 Å². The van der Waals surface area contributed by atoms with E-state index in [4.69, 9.17) is 4.74 Å². The molecule has 1 aromatic carbocycles. The fraction of sp³-hybridized carbons (Fsp3) is 0.353. The van der Waals surface area contributed by atoms with E-state index in [-0.39, 0.29) is 4.90 Å². The molecule has 5 nitrogen and oxygen atoms in total. The molecule has 1 heterocycles. The van der Waals surface area contributed by atoms with Crippen molar-refractivity contribution in [3.8, 4) is 0 Å². The number of hydrogen-bond acceptors (Lipinski definition) is 5. The zero-order valence-corrected chi connectivity index (χ0v) is 17.1. The molecule has 1 aliphatic rings. The number of methoxy groups -OCH3 is 1. The van der Waals surface area contributed by atoms with Crippen molar-refractivity contribution in [2.45, 2.75) is 31.1 Å². The third kappa shape index (κ3) is 3.75. The van der Waals surface area contributed by atoms with Crippen LogP contribution in [0.2, 0.25) is 0 Å². The topological polar surface area (TPSA) is 72.5 Å². The molecule has 1 N–H and O–H groups in total. The van der Waals surface area contributed by atoms with Crippen LogP contribution in [-0.4, -0.2) is 21.5 Å². The molecule has 8 heteroatoms. The van der Waals surface area contributed by atoms with Crippen molar-refractivity contribution in [2.75, 3.05) is 11.8 Å². The number of rotatable bonds is 4. The number of anilines is 1. The van der Waals surface area contributed by atoms with Gasteiger partial charge >= 0.3 is 5.97 Å². The SMILES string of the molecule is COC(=O)c1c(NS(=O)(=O)c2ccc(Br)cc2)sc2c1CC[C@H](C)C2. The van der Waals surface area contributed by atoms with Gasteiger partial charge in [-0.3, -0.25) is 4.72 Å². The maximum absolute atomic E-state index is 12.7. The van der Waals surface area contributed by atoms with Gasteiger partial charge in [-0.2, -0.15) is 0 Å². The minimum Gasteiger partial charge on any atom is -0.465 e. The third-order valence-corrected chi connectivity index (χ3v) is 7.45.